The molecule has 22 heavy (non-hydrogen) atoms. The van der Waals surface area contributed by atoms with E-state index < -0.39 is 0 Å². The molecule has 0 saturated carbocycles. The van der Waals surface area contributed by atoms with E-state index in [1.54, 1.807) is 29.8 Å². The van der Waals surface area contributed by atoms with Crippen molar-refractivity contribution in [2.24, 2.45) is 0 Å². The average Bonchev–Trinajstić information content (AvgIpc) is 3.11. The number of methoxy groups -OCH3 is 1. The number of hydrogen-bond donors (Lipinski definition) is 0. The van der Waals surface area contributed by atoms with Crippen LogP contribution in [-0.2, 0) is 11.3 Å². The highest BCUT2D eigenvalue weighted by Crippen LogP contribution is 2.29. The van der Waals surface area contributed by atoms with Gasteiger partial charge in [0.2, 0.25) is 0 Å². The van der Waals surface area contributed by atoms with Crippen LogP contribution in [0.15, 0.2) is 22.9 Å². The maximum absolute atomic E-state index is 5.29. The molecule has 0 unspecified atom stereocenters. The highest BCUT2D eigenvalue weighted by atomic mass is 32.1. The second-order valence-electron chi connectivity index (χ2n) is 5.17. The van der Waals surface area contributed by atoms with Gasteiger partial charge in [-0.15, -0.1) is 22.7 Å². The molecule has 0 atom stereocenters. The third-order valence-electron chi connectivity index (χ3n) is 3.58. The van der Waals surface area contributed by atoms with E-state index in [9.17, 15) is 0 Å². The zero-order chi connectivity index (χ0) is 15.5. The van der Waals surface area contributed by atoms with Crippen molar-refractivity contribution >= 4 is 38.7 Å². The molecule has 6 heteroatoms. The van der Waals surface area contributed by atoms with Gasteiger partial charge in [-0.2, -0.15) is 0 Å². The van der Waals surface area contributed by atoms with E-state index in [0.29, 0.717) is 6.61 Å². The van der Waals surface area contributed by atoms with Crippen LogP contribution in [0.4, 0.5) is 5.82 Å². The van der Waals surface area contributed by atoms with Crippen LogP contribution in [0.3, 0.4) is 0 Å². The normalized spacial score (nSPS) is 11.2. The molecule has 3 rings (SSSR count). The summed E-state index contributed by atoms with van der Waals surface area (Å²) in [6, 6.07) is 4.27. The van der Waals surface area contributed by atoms with Crippen LogP contribution < -0.4 is 4.90 Å². The number of aromatic nitrogens is 2. The van der Waals surface area contributed by atoms with Crippen molar-refractivity contribution in [3.63, 3.8) is 0 Å². The smallest absolute Gasteiger partial charge is 0.141 e. The molecular weight excluding hydrogens is 314 g/mol. The van der Waals surface area contributed by atoms with E-state index >= 15 is 0 Å². The number of fused-ring (bicyclic) bond motifs is 1. The van der Waals surface area contributed by atoms with Gasteiger partial charge in [0, 0.05) is 18.5 Å². The summed E-state index contributed by atoms with van der Waals surface area (Å²) in [5, 5.41) is 5.35. The minimum absolute atomic E-state index is 0.680. The van der Waals surface area contributed by atoms with E-state index in [2.05, 4.69) is 39.7 Å². The molecule has 0 saturated heterocycles. The Morgan fingerprint density at radius 1 is 1.14 bits per heavy atom. The molecule has 0 N–H and O–H groups in total. The zero-order valence-electron chi connectivity index (χ0n) is 13.0. The summed E-state index contributed by atoms with van der Waals surface area (Å²) in [6.45, 7) is 6.46. The second kappa shape index (κ2) is 6.73. The van der Waals surface area contributed by atoms with Crippen molar-refractivity contribution in [3.8, 4) is 0 Å². The molecule has 0 radical (unpaired) electrons. The molecule has 0 aliphatic heterocycles. The van der Waals surface area contributed by atoms with Crippen molar-refractivity contribution in [2.45, 2.75) is 20.4 Å². The lowest BCUT2D eigenvalue weighted by atomic mass is 10.2. The molecule has 0 bridgehead atoms. The SMILES string of the molecule is COCCN(Cc1sccc1C)c1nc(C)nc2sccc12. The van der Waals surface area contributed by atoms with Crippen molar-refractivity contribution in [3.05, 3.63) is 39.2 Å². The first-order valence-corrected chi connectivity index (χ1v) is 8.93. The molecule has 0 fully saturated rings. The summed E-state index contributed by atoms with van der Waals surface area (Å²) in [5.41, 5.74) is 1.33. The van der Waals surface area contributed by atoms with Gasteiger partial charge in [-0.3, -0.25) is 0 Å². The summed E-state index contributed by atoms with van der Waals surface area (Å²) in [5.74, 6) is 1.82. The lowest BCUT2D eigenvalue weighted by molar-refractivity contribution is 0.205. The Balaban J connectivity index is 2.00. The summed E-state index contributed by atoms with van der Waals surface area (Å²) in [4.78, 5) is 14.0. The first-order valence-electron chi connectivity index (χ1n) is 7.17. The van der Waals surface area contributed by atoms with Gasteiger partial charge in [0.25, 0.3) is 0 Å². The summed E-state index contributed by atoms with van der Waals surface area (Å²) in [6.07, 6.45) is 0. The van der Waals surface area contributed by atoms with Gasteiger partial charge in [-0.1, -0.05) is 0 Å². The minimum atomic E-state index is 0.680. The Morgan fingerprint density at radius 2 is 1.95 bits per heavy atom. The van der Waals surface area contributed by atoms with Gasteiger partial charge < -0.3 is 9.64 Å². The minimum Gasteiger partial charge on any atom is -0.383 e. The van der Waals surface area contributed by atoms with E-state index in [1.165, 1.54) is 10.4 Å². The summed E-state index contributed by atoms with van der Waals surface area (Å²) >= 11 is 3.46. The van der Waals surface area contributed by atoms with Gasteiger partial charge >= 0.3 is 0 Å². The van der Waals surface area contributed by atoms with Gasteiger partial charge in [-0.05, 0) is 42.3 Å². The number of nitrogens with zero attached hydrogens (tertiary/aromatic N) is 3. The number of aryl methyl sites for hydroxylation is 2. The fraction of sp³-hybridized carbons (Fsp3) is 0.375. The van der Waals surface area contributed by atoms with Crippen molar-refractivity contribution in [1.82, 2.24) is 9.97 Å². The first kappa shape index (κ1) is 15.4. The second-order valence-corrected chi connectivity index (χ2v) is 7.07. The van der Waals surface area contributed by atoms with Crippen LogP contribution in [0.2, 0.25) is 0 Å². The third-order valence-corrected chi connectivity index (χ3v) is 5.40. The Hall–Kier alpha value is -1.50. The zero-order valence-corrected chi connectivity index (χ0v) is 14.6. The monoisotopic (exact) mass is 333 g/mol. The lowest BCUT2D eigenvalue weighted by Crippen LogP contribution is -2.28. The van der Waals surface area contributed by atoms with Crippen LogP contribution in [0.25, 0.3) is 10.2 Å². The van der Waals surface area contributed by atoms with E-state index in [0.717, 1.165) is 34.9 Å². The van der Waals surface area contributed by atoms with Gasteiger partial charge in [0.1, 0.15) is 16.5 Å². The quantitative estimate of drug-likeness (QED) is 0.683. The summed E-state index contributed by atoms with van der Waals surface area (Å²) in [7, 11) is 1.74. The van der Waals surface area contributed by atoms with Crippen molar-refractivity contribution in [2.75, 3.05) is 25.2 Å². The van der Waals surface area contributed by atoms with Gasteiger partial charge in [0.15, 0.2) is 0 Å². The Bertz CT molecular complexity index is 766. The number of rotatable bonds is 6. The fourth-order valence-electron chi connectivity index (χ4n) is 2.39. The molecule has 3 aromatic rings. The fourth-order valence-corrected chi connectivity index (χ4v) is 4.11. The molecule has 0 aliphatic carbocycles. The maximum atomic E-state index is 5.29. The number of anilines is 1. The highest BCUT2D eigenvalue weighted by molar-refractivity contribution is 7.16. The average molecular weight is 333 g/mol. The maximum Gasteiger partial charge on any atom is 0.141 e. The highest BCUT2D eigenvalue weighted by Gasteiger charge is 2.16. The predicted octanol–water partition coefficient (Wildman–Crippen LogP) is 4.02. The third kappa shape index (κ3) is 3.14. The Morgan fingerprint density at radius 3 is 2.68 bits per heavy atom. The van der Waals surface area contributed by atoms with Crippen LogP contribution in [0.1, 0.15) is 16.3 Å². The van der Waals surface area contributed by atoms with Crippen LogP contribution >= 0.6 is 22.7 Å². The van der Waals surface area contributed by atoms with Crippen LogP contribution in [0.5, 0.6) is 0 Å². The predicted molar refractivity (Wildman–Crippen MR) is 94.1 cm³/mol. The molecule has 3 aromatic heterocycles. The van der Waals surface area contributed by atoms with Crippen molar-refractivity contribution < 1.29 is 4.74 Å². The topological polar surface area (TPSA) is 38.2 Å². The number of ether oxygens (including phenoxy) is 1. The van der Waals surface area contributed by atoms with E-state index in [1.807, 2.05) is 6.92 Å². The van der Waals surface area contributed by atoms with Crippen molar-refractivity contribution in [1.29, 1.82) is 0 Å². The lowest BCUT2D eigenvalue weighted by Gasteiger charge is -2.24. The Kier molecular flexibility index (Phi) is 4.71. The largest absolute Gasteiger partial charge is 0.383 e. The number of thiophene rings is 2. The standard InChI is InChI=1S/C16H19N3OS2/c1-11-4-8-21-14(11)10-19(6-7-20-3)15-13-5-9-22-16(13)18-12(2)17-15/h4-5,8-9H,6-7,10H2,1-3H3. The summed E-state index contributed by atoms with van der Waals surface area (Å²) < 4.78 is 5.29. The first-order chi connectivity index (χ1) is 10.7. The molecule has 0 spiro atoms. The van der Waals surface area contributed by atoms with Crippen LogP contribution in [0, 0.1) is 13.8 Å². The molecule has 0 aromatic carbocycles. The molecular formula is C16H19N3OS2. The number of hydrogen-bond acceptors (Lipinski definition) is 6. The van der Waals surface area contributed by atoms with E-state index in [-0.39, 0.29) is 0 Å². The molecule has 116 valence electrons. The molecule has 0 aliphatic rings. The molecule has 4 nitrogen and oxygen atoms in total. The van der Waals surface area contributed by atoms with Gasteiger partial charge in [0.05, 0.1) is 18.5 Å². The van der Waals surface area contributed by atoms with Crippen LogP contribution in [-0.4, -0.2) is 30.2 Å². The Labute approximate surface area is 138 Å². The molecule has 0 amide bonds. The van der Waals surface area contributed by atoms with E-state index in [4.69, 9.17) is 9.72 Å². The molecule has 3 heterocycles. The van der Waals surface area contributed by atoms with Gasteiger partial charge in [-0.25, -0.2) is 9.97 Å².